The van der Waals surface area contributed by atoms with E-state index in [1.165, 1.54) is 14.2 Å². The zero-order chi connectivity index (χ0) is 35.3. The van der Waals surface area contributed by atoms with Crippen molar-refractivity contribution in [2.75, 3.05) is 32.2 Å². The Bertz CT molecular complexity index is 1780. The Kier molecular flexibility index (Phi) is 8.92. The number of hydrogen-bond acceptors (Lipinski definition) is 7. The minimum absolute atomic E-state index is 0.0971. The van der Waals surface area contributed by atoms with E-state index in [0.717, 1.165) is 45.9 Å². The van der Waals surface area contributed by atoms with Crippen LogP contribution in [0.15, 0.2) is 72.8 Å². The highest BCUT2D eigenvalue weighted by molar-refractivity contribution is 6.73. The van der Waals surface area contributed by atoms with Gasteiger partial charge in [0.2, 0.25) is 0 Å². The van der Waals surface area contributed by atoms with Crippen LogP contribution in [0.4, 0.5) is 20.1 Å². The van der Waals surface area contributed by atoms with Crippen LogP contribution >= 0.6 is 0 Å². The Hall–Kier alpha value is -4.35. The molecule has 2 saturated heterocycles. The summed E-state index contributed by atoms with van der Waals surface area (Å²) in [6.07, 6.45) is -0.289. The predicted molar refractivity (Wildman–Crippen MR) is 191 cm³/mol. The summed E-state index contributed by atoms with van der Waals surface area (Å²) in [6.45, 7) is 7.72. The quantitative estimate of drug-likeness (QED) is 0.177. The van der Waals surface area contributed by atoms with Crippen molar-refractivity contribution in [2.24, 2.45) is 0 Å². The van der Waals surface area contributed by atoms with Crippen LogP contribution in [-0.2, 0) is 42.7 Å². The van der Waals surface area contributed by atoms with Gasteiger partial charge in [0.15, 0.2) is 8.32 Å². The normalized spacial score (nSPS) is 24.8. The van der Waals surface area contributed by atoms with Gasteiger partial charge in [0.05, 0.1) is 31.4 Å². The first kappa shape index (κ1) is 34.1. The SMILES string of the molecule is CC[Si](CC)(CC)O[C@]12CCN(C(=O)OC)C1Cc1c([C@]34CCN(C(=O)OC)C3N(C(=O)OCc3ccccc3)c3ccccc34)cccc12. The largest absolute Gasteiger partial charge is 0.453 e. The molecule has 0 saturated carbocycles. The molecule has 0 radical (unpaired) electrons. The molecule has 2 unspecified atom stereocenters. The molecule has 0 aromatic heterocycles. The smallest absolute Gasteiger partial charge is 0.416 e. The average molecular weight is 698 g/mol. The van der Waals surface area contributed by atoms with E-state index in [-0.39, 0.29) is 18.7 Å². The lowest BCUT2D eigenvalue weighted by molar-refractivity contribution is 0.0250. The zero-order valence-electron chi connectivity index (χ0n) is 29.6. The third-order valence-electron chi connectivity index (χ3n) is 12.1. The molecule has 7 rings (SSSR count). The average Bonchev–Trinajstić information content (AvgIpc) is 3.88. The molecule has 50 heavy (non-hydrogen) atoms. The molecule has 3 aromatic carbocycles. The maximum atomic E-state index is 14.3. The Labute approximate surface area is 295 Å². The number of ether oxygens (including phenoxy) is 3. The maximum Gasteiger partial charge on any atom is 0.416 e. The van der Waals surface area contributed by atoms with Gasteiger partial charge >= 0.3 is 18.3 Å². The molecule has 0 spiro atoms. The number of methoxy groups -OCH3 is 2. The van der Waals surface area contributed by atoms with Gasteiger partial charge < -0.3 is 23.5 Å². The molecule has 0 bridgehead atoms. The number of benzene rings is 3. The summed E-state index contributed by atoms with van der Waals surface area (Å²) in [5.41, 5.74) is 4.33. The van der Waals surface area contributed by atoms with Crippen molar-refractivity contribution in [1.82, 2.24) is 9.80 Å². The van der Waals surface area contributed by atoms with Crippen LogP contribution in [0.5, 0.6) is 0 Å². The lowest BCUT2D eigenvalue weighted by Gasteiger charge is -2.42. The number of carbonyl (C=O) groups is 3. The molecule has 2 fully saturated rings. The predicted octanol–water partition coefficient (Wildman–Crippen LogP) is 7.54. The van der Waals surface area contributed by atoms with Crippen LogP contribution in [0.2, 0.25) is 18.1 Å². The van der Waals surface area contributed by atoms with E-state index >= 15 is 0 Å². The Morgan fingerprint density at radius 3 is 2.06 bits per heavy atom. The highest BCUT2D eigenvalue weighted by Gasteiger charge is 2.65. The van der Waals surface area contributed by atoms with Crippen LogP contribution in [0, 0.1) is 0 Å². The number of fused-ring (bicyclic) bond motifs is 6. The molecular weight excluding hydrogens is 651 g/mol. The fourth-order valence-corrected chi connectivity index (χ4v) is 12.5. The van der Waals surface area contributed by atoms with Gasteiger partial charge in [0.1, 0.15) is 18.4 Å². The first-order valence-corrected chi connectivity index (χ1v) is 20.4. The molecule has 4 aliphatic rings. The number of amides is 3. The van der Waals surface area contributed by atoms with E-state index < -0.39 is 37.7 Å². The maximum absolute atomic E-state index is 14.3. The third kappa shape index (κ3) is 4.95. The van der Waals surface area contributed by atoms with Crippen molar-refractivity contribution in [1.29, 1.82) is 0 Å². The van der Waals surface area contributed by atoms with Crippen LogP contribution in [0.1, 0.15) is 61.4 Å². The molecular formula is C39H47N3O7Si. The number of likely N-dealkylation sites (tertiary alicyclic amines) is 2. The van der Waals surface area contributed by atoms with Crippen LogP contribution in [-0.4, -0.2) is 75.9 Å². The molecule has 264 valence electrons. The van der Waals surface area contributed by atoms with E-state index in [4.69, 9.17) is 18.6 Å². The number of anilines is 1. The van der Waals surface area contributed by atoms with Gasteiger partial charge in [0.25, 0.3) is 0 Å². The second-order valence-corrected chi connectivity index (χ2v) is 18.6. The lowest BCUT2D eigenvalue weighted by atomic mass is 9.71. The summed E-state index contributed by atoms with van der Waals surface area (Å²) in [5, 5.41) is 0. The lowest BCUT2D eigenvalue weighted by Crippen LogP contribution is -2.54. The van der Waals surface area contributed by atoms with Gasteiger partial charge in [-0.1, -0.05) is 87.5 Å². The Balaban J connectivity index is 1.39. The highest BCUT2D eigenvalue weighted by atomic mass is 28.4. The number of para-hydroxylation sites is 1. The minimum atomic E-state index is -2.17. The van der Waals surface area contributed by atoms with Crippen molar-refractivity contribution in [3.63, 3.8) is 0 Å². The summed E-state index contributed by atoms with van der Waals surface area (Å²) < 4.78 is 24.1. The van der Waals surface area contributed by atoms with E-state index in [1.807, 2.05) is 53.4 Å². The molecule has 3 amide bonds. The van der Waals surface area contributed by atoms with Gasteiger partial charge in [0, 0.05) is 13.1 Å². The molecule has 3 heterocycles. The van der Waals surface area contributed by atoms with Crippen molar-refractivity contribution >= 4 is 32.3 Å². The third-order valence-corrected chi connectivity index (χ3v) is 16.7. The molecule has 3 aromatic rings. The van der Waals surface area contributed by atoms with Crippen LogP contribution in [0.25, 0.3) is 0 Å². The molecule has 11 heteroatoms. The summed E-state index contributed by atoms with van der Waals surface area (Å²) in [7, 11) is 0.641. The van der Waals surface area contributed by atoms with Crippen molar-refractivity contribution in [2.45, 2.75) is 88.0 Å². The number of carbonyl (C=O) groups excluding carboxylic acids is 3. The van der Waals surface area contributed by atoms with Gasteiger partial charge in [-0.2, -0.15) is 0 Å². The standard InChI is InChI=1S/C39H47N3O7Si/c1-6-50(7-2,8-3)49-39-22-24-40(35(43)46-4)33(39)25-28-29(18-14-19-30(28)39)38-21-23-41(36(44)47-5)34(38)42(32-20-13-12-17-31(32)38)37(45)48-26-27-15-10-9-11-16-27/h9-20,33-34H,6-8,21-26H2,1-5H3/t33?,34?,38-,39-/m0/s1. The highest BCUT2D eigenvalue weighted by Crippen LogP contribution is 2.60. The van der Waals surface area contributed by atoms with Gasteiger partial charge in [-0.3, -0.25) is 9.80 Å². The number of rotatable bonds is 8. The minimum Gasteiger partial charge on any atom is -0.453 e. The van der Waals surface area contributed by atoms with Crippen molar-refractivity contribution in [3.05, 3.63) is 101 Å². The number of hydrogen-bond donors (Lipinski definition) is 0. The van der Waals surface area contributed by atoms with Crippen molar-refractivity contribution < 1.29 is 33.0 Å². The fraction of sp³-hybridized carbons (Fsp3) is 0.462. The molecule has 10 nitrogen and oxygen atoms in total. The van der Waals surface area contributed by atoms with Crippen molar-refractivity contribution in [3.8, 4) is 0 Å². The topological polar surface area (TPSA) is 97.9 Å². The van der Waals surface area contributed by atoms with E-state index in [0.29, 0.717) is 38.0 Å². The number of nitrogens with zero attached hydrogens (tertiary/aromatic N) is 3. The first-order chi connectivity index (χ1) is 24.2. The summed E-state index contributed by atoms with van der Waals surface area (Å²) >= 11 is 0. The fourth-order valence-electron chi connectivity index (χ4n) is 9.48. The first-order valence-electron chi connectivity index (χ1n) is 17.9. The second-order valence-electron chi connectivity index (χ2n) is 13.9. The van der Waals surface area contributed by atoms with E-state index in [9.17, 15) is 14.4 Å². The molecule has 0 N–H and O–H groups in total. The van der Waals surface area contributed by atoms with Crippen LogP contribution < -0.4 is 4.90 Å². The Morgan fingerprint density at radius 2 is 1.36 bits per heavy atom. The molecule has 3 aliphatic heterocycles. The zero-order valence-corrected chi connectivity index (χ0v) is 30.6. The summed E-state index contributed by atoms with van der Waals surface area (Å²) in [6, 6.07) is 26.6. The van der Waals surface area contributed by atoms with Gasteiger partial charge in [-0.25, -0.2) is 14.4 Å². The second kappa shape index (κ2) is 13.1. The monoisotopic (exact) mass is 697 g/mol. The van der Waals surface area contributed by atoms with Crippen LogP contribution in [0.3, 0.4) is 0 Å². The Morgan fingerprint density at radius 1 is 0.740 bits per heavy atom. The van der Waals surface area contributed by atoms with E-state index in [2.05, 4.69) is 45.0 Å². The molecule has 4 atom stereocenters. The summed E-state index contributed by atoms with van der Waals surface area (Å²) in [4.78, 5) is 46.2. The van der Waals surface area contributed by atoms with E-state index in [1.54, 1.807) is 9.80 Å². The van der Waals surface area contributed by atoms with Gasteiger partial charge in [-0.15, -0.1) is 0 Å². The molecule has 1 aliphatic carbocycles. The van der Waals surface area contributed by atoms with Gasteiger partial charge in [-0.05, 0) is 71.3 Å². The summed E-state index contributed by atoms with van der Waals surface area (Å²) in [5.74, 6) is 0.